The van der Waals surface area contributed by atoms with Gasteiger partial charge in [0.15, 0.2) is 11.5 Å². The topological polar surface area (TPSA) is 89.0 Å². The highest BCUT2D eigenvalue weighted by molar-refractivity contribution is 9.10. The molecular formula is C28H29BrClN3O4. The molecule has 37 heavy (non-hydrogen) atoms. The number of benzene rings is 3. The predicted octanol–water partition coefficient (Wildman–Crippen LogP) is 5.98. The smallest absolute Gasteiger partial charge is 0.262 e. The van der Waals surface area contributed by atoms with Crippen LogP contribution in [-0.4, -0.2) is 30.7 Å². The van der Waals surface area contributed by atoms with Crippen molar-refractivity contribution in [3.8, 4) is 11.5 Å². The number of amides is 2. The van der Waals surface area contributed by atoms with E-state index >= 15 is 0 Å². The summed E-state index contributed by atoms with van der Waals surface area (Å²) >= 11 is 9.40. The summed E-state index contributed by atoms with van der Waals surface area (Å²) < 4.78 is 12.7. The van der Waals surface area contributed by atoms with E-state index in [2.05, 4.69) is 31.8 Å². The molecule has 7 nitrogen and oxygen atoms in total. The van der Waals surface area contributed by atoms with Gasteiger partial charge in [0.05, 0.1) is 12.8 Å². The number of halogens is 2. The van der Waals surface area contributed by atoms with Crippen LogP contribution in [0.2, 0.25) is 5.02 Å². The lowest BCUT2D eigenvalue weighted by Gasteiger charge is -2.20. The lowest BCUT2D eigenvalue weighted by molar-refractivity contribution is -0.123. The zero-order chi connectivity index (χ0) is 26.8. The van der Waals surface area contributed by atoms with Crippen molar-refractivity contribution in [2.24, 2.45) is 11.0 Å². The van der Waals surface area contributed by atoms with Gasteiger partial charge in [0.2, 0.25) is 0 Å². The largest absolute Gasteiger partial charge is 0.490 e. The van der Waals surface area contributed by atoms with Gasteiger partial charge in [-0.15, -0.1) is 0 Å². The zero-order valence-corrected chi connectivity index (χ0v) is 23.2. The Balaban J connectivity index is 1.63. The van der Waals surface area contributed by atoms with Crippen LogP contribution in [-0.2, 0) is 11.4 Å². The Hall–Kier alpha value is -3.36. The molecule has 0 aliphatic carbocycles. The van der Waals surface area contributed by atoms with Crippen LogP contribution in [0.3, 0.4) is 0 Å². The number of carbonyl (C=O) groups is 2. The fourth-order valence-electron chi connectivity index (χ4n) is 3.36. The van der Waals surface area contributed by atoms with Gasteiger partial charge in [0.1, 0.15) is 12.6 Å². The molecule has 0 saturated heterocycles. The van der Waals surface area contributed by atoms with Crippen molar-refractivity contribution in [2.75, 3.05) is 6.61 Å². The second kappa shape index (κ2) is 13.8. The van der Waals surface area contributed by atoms with Crippen LogP contribution in [0.25, 0.3) is 0 Å². The molecule has 0 fully saturated rings. The quantitative estimate of drug-likeness (QED) is 0.214. The third-order valence-electron chi connectivity index (χ3n) is 5.29. The average Bonchev–Trinajstić information content (AvgIpc) is 2.87. The van der Waals surface area contributed by atoms with Crippen LogP contribution in [0.5, 0.6) is 11.5 Å². The van der Waals surface area contributed by atoms with E-state index < -0.39 is 11.9 Å². The highest BCUT2D eigenvalue weighted by Gasteiger charge is 2.24. The number of ether oxygens (including phenoxy) is 2. The van der Waals surface area contributed by atoms with Crippen LogP contribution >= 0.6 is 27.5 Å². The zero-order valence-electron chi connectivity index (χ0n) is 20.8. The standard InChI is InChI=1S/C28H29BrClN3O4/c1-4-36-25-14-20(10-13-24(25)37-17-19-8-11-22(29)12-9-19)16-31-33-28(35)26(18(2)3)32-27(34)21-6-5-7-23(30)15-21/h5-16,18,26H,4,17H2,1-3H3,(H,32,34)(H,33,35)/b31-16-. The van der Waals surface area contributed by atoms with E-state index in [9.17, 15) is 9.59 Å². The molecule has 194 valence electrons. The van der Waals surface area contributed by atoms with Crippen molar-refractivity contribution in [1.82, 2.24) is 10.7 Å². The maximum Gasteiger partial charge on any atom is 0.262 e. The number of hydrogen-bond donors (Lipinski definition) is 2. The van der Waals surface area contributed by atoms with E-state index in [-0.39, 0.29) is 11.8 Å². The van der Waals surface area contributed by atoms with Gasteiger partial charge in [-0.3, -0.25) is 9.59 Å². The Labute approximate surface area is 230 Å². The highest BCUT2D eigenvalue weighted by atomic mass is 79.9. The first kappa shape index (κ1) is 28.2. The molecule has 9 heteroatoms. The van der Waals surface area contributed by atoms with Crippen molar-refractivity contribution >= 4 is 45.6 Å². The summed E-state index contributed by atoms with van der Waals surface area (Å²) in [5.74, 6) is 0.199. The van der Waals surface area contributed by atoms with Gasteiger partial charge in [0.25, 0.3) is 11.8 Å². The van der Waals surface area contributed by atoms with Gasteiger partial charge in [0, 0.05) is 15.1 Å². The van der Waals surface area contributed by atoms with Crippen LogP contribution in [0.1, 0.15) is 42.3 Å². The molecule has 0 bridgehead atoms. The molecule has 2 N–H and O–H groups in total. The molecule has 0 heterocycles. The Morgan fingerprint density at radius 2 is 1.78 bits per heavy atom. The fraction of sp³-hybridized carbons (Fsp3) is 0.250. The summed E-state index contributed by atoms with van der Waals surface area (Å²) in [5, 5.41) is 7.27. The average molecular weight is 587 g/mol. The third-order valence-corrected chi connectivity index (χ3v) is 6.05. The third kappa shape index (κ3) is 8.61. The van der Waals surface area contributed by atoms with Gasteiger partial charge < -0.3 is 14.8 Å². The fourth-order valence-corrected chi connectivity index (χ4v) is 3.82. The molecule has 2 amide bonds. The Bertz CT molecular complexity index is 1250. The molecule has 1 atom stereocenters. The van der Waals surface area contributed by atoms with E-state index in [0.717, 1.165) is 10.0 Å². The van der Waals surface area contributed by atoms with E-state index in [4.69, 9.17) is 21.1 Å². The molecule has 0 aliphatic rings. The SMILES string of the molecule is CCOc1cc(/C=N\NC(=O)C(NC(=O)c2cccc(Cl)c2)C(C)C)ccc1OCc1ccc(Br)cc1. The maximum absolute atomic E-state index is 12.8. The summed E-state index contributed by atoms with van der Waals surface area (Å²) in [7, 11) is 0. The van der Waals surface area contributed by atoms with E-state index in [1.165, 1.54) is 6.21 Å². The summed E-state index contributed by atoms with van der Waals surface area (Å²) in [4.78, 5) is 25.3. The predicted molar refractivity (Wildman–Crippen MR) is 149 cm³/mol. The molecule has 0 aliphatic heterocycles. The van der Waals surface area contributed by atoms with E-state index in [1.807, 2.05) is 51.1 Å². The minimum absolute atomic E-state index is 0.162. The summed E-state index contributed by atoms with van der Waals surface area (Å²) in [6.07, 6.45) is 1.51. The second-order valence-corrected chi connectivity index (χ2v) is 9.85. The van der Waals surface area contributed by atoms with Gasteiger partial charge >= 0.3 is 0 Å². The van der Waals surface area contributed by atoms with Crippen LogP contribution in [0.4, 0.5) is 0 Å². The lowest BCUT2D eigenvalue weighted by atomic mass is 10.0. The molecule has 0 spiro atoms. The van der Waals surface area contributed by atoms with Gasteiger partial charge in [-0.1, -0.05) is 59.6 Å². The summed E-state index contributed by atoms with van der Waals surface area (Å²) in [5.41, 5.74) is 4.63. The van der Waals surface area contributed by atoms with Gasteiger partial charge in [-0.25, -0.2) is 5.43 Å². The minimum atomic E-state index is -0.781. The Morgan fingerprint density at radius 1 is 1.03 bits per heavy atom. The normalized spacial score (nSPS) is 11.8. The van der Waals surface area contributed by atoms with E-state index in [1.54, 1.807) is 36.4 Å². The molecule has 3 rings (SSSR count). The molecule has 0 aromatic heterocycles. The first-order chi connectivity index (χ1) is 17.8. The van der Waals surface area contributed by atoms with Crippen LogP contribution < -0.4 is 20.2 Å². The molecule has 3 aromatic rings. The maximum atomic E-state index is 12.8. The van der Waals surface area contributed by atoms with Crippen molar-refractivity contribution in [1.29, 1.82) is 0 Å². The van der Waals surface area contributed by atoms with Crippen LogP contribution in [0, 0.1) is 5.92 Å². The number of hydrogen-bond acceptors (Lipinski definition) is 5. The van der Waals surface area contributed by atoms with Crippen molar-refractivity contribution in [2.45, 2.75) is 33.4 Å². The molecular weight excluding hydrogens is 558 g/mol. The van der Waals surface area contributed by atoms with Crippen LogP contribution in [0.15, 0.2) is 76.3 Å². The van der Waals surface area contributed by atoms with Gasteiger partial charge in [-0.05, 0) is 72.5 Å². The van der Waals surface area contributed by atoms with Crippen molar-refractivity contribution in [3.05, 3.63) is 92.9 Å². The van der Waals surface area contributed by atoms with Gasteiger partial charge in [-0.2, -0.15) is 5.10 Å². The Morgan fingerprint density at radius 3 is 2.46 bits per heavy atom. The number of rotatable bonds is 11. The lowest BCUT2D eigenvalue weighted by Crippen LogP contribution is -2.48. The molecule has 0 radical (unpaired) electrons. The number of nitrogens with one attached hydrogen (secondary N) is 2. The summed E-state index contributed by atoms with van der Waals surface area (Å²) in [6, 6.07) is 19.1. The first-order valence-electron chi connectivity index (χ1n) is 11.8. The highest BCUT2D eigenvalue weighted by Crippen LogP contribution is 2.29. The number of nitrogens with zero attached hydrogens (tertiary/aromatic N) is 1. The number of carbonyl (C=O) groups excluding carboxylic acids is 2. The monoisotopic (exact) mass is 585 g/mol. The van der Waals surface area contributed by atoms with Crippen molar-refractivity contribution in [3.63, 3.8) is 0 Å². The van der Waals surface area contributed by atoms with Crippen molar-refractivity contribution < 1.29 is 19.1 Å². The Kier molecular flexibility index (Phi) is 10.5. The molecule has 3 aromatic carbocycles. The second-order valence-electron chi connectivity index (χ2n) is 8.49. The summed E-state index contributed by atoms with van der Waals surface area (Å²) in [6.45, 7) is 6.44. The number of hydrazone groups is 1. The molecule has 1 unspecified atom stereocenters. The van der Waals surface area contributed by atoms with E-state index in [0.29, 0.717) is 40.9 Å². The first-order valence-corrected chi connectivity index (χ1v) is 13.0. The molecule has 0 saturated carbocycles. The minimum Gasteiger partial charge on any atom is -0.490 e.